The Morgan fingerprint density at radius 2 is 2.16 bits per heavy atom. The van der Waals surface area contributed by atoms with Gasteiger partial charge in [-0.15, -0.1) is 5.10 Å². The zero-order valence-corrected chi connectivity index (χ0v) is 10.9. The van der Waals surface area contributed by atoms with Crippen LogP contribution in [0.25, 0.3) is 10.8 Å². The van der Waals surface area contributed by atoms with Crippen molar-refractivity contribution >= 4 is 28.2 Å². The van der Waals surface area contributed by atoms with Crippen molar-refractivity contribution < 1.29 is 0 Å². The fourth-order valence-corrected chi connectivity index (χ4v) is 2.16. The normalized spacial score (nSPS) is 10.8. The summed E-state index contributed by atoms with van der Waals surface area (Å²) in [7, 11) is 0. The predicted molar refractivity (Wildman–Crippen MR) is 75.3 cm³/mol. The molecule has 0 unspecified atom stereocenters. The maximum Gasteiger partial charge on any atom is 0.139 e. The molecule has 5 nitrogen and oxygen atoms in total. The summed E-state index contributed by atoms with van der Waals surface area (Å²) in [5.41, 5.74) is 0. The number of anilines is 1. The van der Waals surface area contributed by atoms with Crippen LogP contribution in [0.4, 0.5) is 5.82 Å². The average Bonchev–Trinajstić information content (AvgIpc) is 2.92. The molecule has 2 aromatic heterocycles. The summed E-state index contributed by atoms with van der Waals surface area (Å²) in [6.07, 6.45) is 3.48. The summed E-state index contributed by atoms with van der Waals surface area (Å²) < 4.78 is 1.76. The number of benzene rings is 1. The fourth-order valence-electron chi connectivity index (χ4n) is 1.90. The van der Waals surface area contributed by atoms with Crippen LogP contribution in [0.2, 0.25) is 5.15 Å². The van der Waals surface area contributed by atoms with Gasteiger partial charge in [0.25, 0.3) is 0 Å². The number of rotatable bonds is 4. The van der Waals surface area contributed by atoms with Crippen molar-refractivity contribution in [1.82, 2.24) is 20.0 Å². The molecule has 0 spiro atoms. The fraction of sp³-hybridized carbons (Fsp3) is 0.154. The monoisotopic (exact) mass is 273 g/mol. The molecule has 19 heavy (non-hydrogen) atoms. The van der Waals surface area contributed by atoms with Crippen LogP contribution in [0.15, 0.2) is 42.7 Å². The van der Waals surface area contributed by atoms with Gasteiger partial charge in [0.1, 0.15) is 11.0 Å². The molecule has 1 aromatic carbocycles. The van der Waals surface area contributed by atoms with E-state index < -0.39 is 0 Å². The predicted octanol–water partition coefficient (Wildman–Crippen LogP) is 2.59. The SMILES string of the molecule is Clc1nc(NCCn2ccnn2)cc2ccccc12. The molecule has 2 heterocycles. The largest absolute Gasteiger partial charge is 0.368 e. The van der Waals surface area contributed by atoms with Crippen molar-refractivity contribution in [3.05, 3.63) is 47.9 Å². The molecule has 0 amide bonds. The van der Waals surface area contributed by atoms with E-state index in [-0.39, 0.29) is 0 Å². The Morgan fingerprint density at radius 3 is 3.00 bits per heavy atom. The summed E-state index contributed by atoms with van der Waals surface area (Å²) >= 11 is 6.16. The lowest BCUT2D eigenvalue weighted by atomic mass is 10.2. The highest BCUT2D eigenvalue weighted by Crippen LogP contribution is 2.24. The van der Waals surface area contributed by atoms with E-state index in [1.807, 2.05) is 36.5 Å². The first-order chi connectivity index (χ1) is 9.33. The first-order valence-corrected chi connectivity index (χ1v) is 6.34. The molecular weight excluding hydrogens is 262 g/mol. The van der Waals surface area contributed by atoms with Crippen LogP contribution in [-0.4, -0.2) is 26.5 Å². The molecule has 1 N–H and O–H groups in total. The van der Waals surface area contributed by atoms with Gasteiger partial charge in [0, 0.05) is 18.1 Å². The van der Waals surface area contributed by atoms with Gasteiger partial charge in [-0.3, -0.25) is 4.68 Å². The van der Waals surface area contributed by atoms with Crippen LogP contribution in [-0.2, 0) is 6.54 Å². The van der Waals surface area contributed by atoms with Crippen LogP contribution in [0.5, 0.6) is 0 Å². The van der Waals surface area contributed by atoms with E-state index in [0.29, 0.717) is 11.7 Å². The second-order valence-corrected chi connectivity index (χ2v) is 4.47. The molecule has 0 fully saturated rings. The van der Waals surface area contributed by atoms with Crippen molar-refractivity contribution in [1.29, 1.82) is 0 Å². The Kier molecular flexibility index (Phi) is 3.29. The second kappa shape index (κ2) is 5.24. The van der Waals surface area contributed by atoms with Gasteiger partial charge in [-0.05, 0) is 11.5 Å². The van der Waals surface area contributed by atoms with Crippen LogP contribution in [0.3, 0.4) is 0 Å². The smallest absolute Gasteiger partial charge is 0.139 e. The van der Waals surface area contributed by atoms with E-state index >= 15 is 0 Å². The number of fused-ring (bicyclic) bond motifs is 1. The molecular formula is C13H12ClN5. The number of nitrogens with zero attached hydrogens (tertiary/aromatic N) is 4. The standard InChI is InChI=1S/C13H12ClN5/c14-13-11-4-2-1-3-10(11)9-12(17-13)15-5-7-19-8-6-16-18-19/h1-4,6,8-9H,5,7H2,(H,15,17). The summed E-state index contributed by atoms with van der Waals surface area (Å²) in [6.45, 7) is 1.44. The Bertz CT molecular complexity index is 681. The van der Waals surface area contributed by atoms with Crippen molar-refractivity contribution in [2.24, 2.45) is 0 Å². The third kappa shape index (κ3) is 2.66. The summed E-state index contributed by atoms with van der Waals surface area (Å²) in [6, 6.07) is 9.91. The lowest BCUT2D eigenvalue weighted by Gasteiger charge is -2.08. The van der Waals surface area contributed by atoms with Crippen LogP contribution in [0, 0.1) is 0 Å². The molecule has 3 aromatic rings. The minimum Gasteiger partial charge on any atom is -0.368 e. The molecule has 0 aliphatic carbocycles. The Labute approximate surface area is 115 Å². The zero-order chi connectivity index (χ0) is 13.1. The number of nitrogens with one attached hydrogen (secondary N) is 1. The van der Waals surface area contributed by atoms with Crippen LogP contribution >= 0.6 is 11.6 Å². The molecule has 0 aliphatic rings. The van der Waals surface area contributed by atoms with Gasteiger partial charge in [0.2, 0.25) is 0 Å². The van der Waals surface area contributed by atoms with Crippen LogP contribution < -0.4 is 5.32 Å². The molecule has 0 atom stereocenters. The van der Waals surface area contributed by atoms with Crippen molar-refractivity contribution in [2.45, 2.75) is 6.54 Å². The third-order valence-electron chi connectivity index (χ3n) is 2.81. The molecule has 0 radical (unpaired) electrons. The zero-order valence-electron chi connectivity index (χ0n) is 10.1. The third-order valence-corrected chi connectivity index (χ3v) is 3.10. The van der Waals surface area contributed by atoms with Gasteiger partial charge in [0.05, 0.1) is 12.7 Å². The average molecular weight is 274 g/mol. The van der Waals surface area contributed by atoms with E-state index in [2.05, 4.69) is 20.6 Å². The topological polar surface area (TPSA) is 55.6 Å². The van der Waals surface area contributed by atoms with E-state index in [1.165, 1.54) is 0 Å². The van der Waals surface area contributed by atoms with Gasteiger partial charge in [-0.1, -0.05) is 41.1 Å². The van der Waals surface area contributed by atoms with Crippen molar-refractivity contribution in [3.63, 3.8) is 0 Å². The molecule has 0 bridgehead atoms. The van der Waals surface area contributed by atoms with E-state index in [0.717, 1.165) is 23.1 Å². The Hall–Kier alpha value is -2.14. The lowest BCUT2D eigenvalue weighted by Crippen LogP contribution is -2.11. The molecule has 6 heteroatoms. The highest BCUT2D eigenvalue weighted by atomic mass is 35.5. The van der Waals surface area contributed by atoms with E-state index in [9.17, 15) is 0 Å². The highest BCUT2D eigenvalue weighted by Gasteiger charge is 2.03. The van der Waals surface area contributed by atoms with Gasteiger partial charge in [0.15, 0.2) is 0 Å². The molecule has 0 aliphatic heterocycles. The minimum absolute atomic E-state index is 0.515. The molecule has 3 rings (SSSR count). The van der Waals surface area contributed by atoms with E-state index in [1.54, 1.807) is 10.9 Å². The number of aromatic nitrogens is 4. The quantitative estimate of drug-likeness (QED) is 0.743. The Morgan fingerprint density at radius 1 is 1.26 bits per heavy atom. The van der Waals surface area contributed by atoms with Gasteiger partial charge in [-0.25, -0.2) is 4.98 Å². The van der Waals surface area contributed by atoms with Crippen molar-refractivity contribution in [2.75, 3.05) is 11.9 Å². The minimum atomic E-state index is 0.515. The number of hydrogen-bond acceptors (Lipinski definition) is 4. The van der Waals surface area contributed by atoms with Gasteiger partial charge >= 0.3 is 0 Å². The van der Waals surface area contributed by atoms with Gasteiger partial charge < -0.3 is 5.32 Å². The molecule has 96 valence electrons. The number of pyridine rings is 1. The van der Waals surface area contributed by atoms with Crippen LogP contribution in [0.1, 0.15) is 0 Å². The lowest BCUT2D eigenvalue weighted by molar-refractivity contribution is 0.608. The second-order valence-electron chi connectivity index (χ2n) is 4.11. The molecule has 0 saturated heterocycles. The first-order valence-electron chi connectivity index (χ1n) is 5.96. The summed E-state index contributed by atoms with van der Waals surface area (Å²) in [5, 5.41) is 13.4. The van der Waals surface area contributed by atoms with Crippen molar-refractivity contribution in [3.8, 4) is 0 Å². The summed E-state index contributed by atoms with van der Waals surface area (Å²) in [4.78, 5) is 4.33. The maximum atomic E-state index is 6.16. The number of hydrogen-bond donors (Lipinski definition) is 1. The van der Waals surface area contributed by atoms with Gasteiger partial charge in [-0.2, -0.15) is 0 Å². The van der Waals surface area contributed by atoms with E-state index in [4.69, 9.17) is 11.6 Å². The molecule has 0 saturated carbocycles. The summed E-state index contributed by atoms with van der Waals surface area (Å²) in [5.74, 6) is 0.767. The highest BCUT2D eigenvalue weighted by molar-refractivity contribution is 6.34. The first kappa shape index (κ1) is 11.9. The maximum absolute atomic E-state index is 6.16. The Balaban J connectivity index is 1.74. The number of halogens is 1.